The summed E-state index contributed by atoms with van der Waals surface area (Å²) in [6, 6.07) is 5.18. The molecule has 1 amide bonds. The summed E-state index contributed by atoms with van der Waals surface area (Å²) in [4.78, 5) is 20.4. The van der Waals surface area contributed by atoms with E-state index in [1.54, 1.807) is 7.05 Å². The van der Waals surface area contributed by atoms with Crippen LogP contribution in [0.15, 0.2) is 18.2 Å². The summed E-state index contributed by atoms with van der Waals surface area (Å²) in [5.41, 5.74) is 2.16. The molecule has 2 atom stereocenters. The third-order valence-corrected chi connectivity index (χ3v) is 8.32. The van der Waals surface area contributed by atoms with Crippen molar-refractivity contribution in [2.45, 2.75) is 44.7 Å². The minimum Gasteiger partial charge on any atom is -0.386 e. The number of pyridine rings is 1. The van der Waals surface area contributed by atoms with Gasteiger partial charge in [-0.1, -0.05) is 18.5 Å². The Bertz CT molecular complexity index is 1270. The van der Waals surface area contributed by atoms with Crippen molar-refractivity contribution in [1.29, 1.82) is 0 Å². The van der Waals surface area contributed by atoms with E-state index in [1.165, 1.54) is 23.5 Å². The number of halogens is 3. The van der Waals surface area contributed by atoms with Crippen LogP contribution < -0.4 is 20.9 Å². The lowest BCUT2D eigenvalue weighted by atomic mass is 10.1. The predicted molar refractivity (Wildman–Crippen MR) is 138 cm³/mol. The van der Waals surface area contributed by atoms with Crippen LogP contribution in [0.2, 0.25) is 5.15 Å². The molecule has 0 saturated carbocycles. The molecule has 0 aliphatic carbocycles. The number of carbonyl (C=O) groups excluding carboxylic acids is 1. The van der Waals surface area contributed by atoms with Crippen molar-refractivity contribution >= 4 is 50.4 Å². The van der Waals surface area contributed by atoms with Crippen LogP contribution in [0.4, 0.5) is 20.2 Å². The van der Waals surface area contributed by atoms with Gasteiger partial charge >= 0.3 is 0 Å². The number of aryl methyl sites for hydroxylation is 1. The highest BCUT2D eigenvalue weighted by Crippen LogP contribution is 2.37. The monoisotopic (exact) mass is 519 g/mol. The maximum Gasteiger partial charge on any atom is 0.263 e. The van der Waals surface area contributed by atoms with Crippen molar-refractivity contribution in [3.8, 4) is 0 Å². The summed E-state index contributed by atoms with van der Waals surface area (Å²) in [5, 5.41) is 10.7. The predicted octanol–water partition coefficient (Wildman–Crippen LogP) is 4.75. The van der Waals surface area contributed by atoms with Crippen LogP contribution in [0.25, 0.3) is 10.2 Å². The van der Waals surface area contributed by atoms with E-state index >= 15 is 0 Å². The van der Waals surface area contributed by atoms with Gasteiger partial charge in [-0.15, -0.1) is 11.3 Å². The van der Waals surface area contributed by atoms with Gasteiger partial charge in [-0.3, -0.25) is 4.79 Å². The normalized spacial score (nSPS) is 19.4. The second-order valence-corrected chi connectivity index (χ2v) is 10.5. The molecule has 2 aromatic heterocycles. The van der Waals surface area contributed by atoms with Gasteiger partial charge in [0.05, 0.1) is 11.4 Å². The molecule has 0 radical (unpaired) electrons. The van der Waals surface area contributed by atoms with E-state index in [0.29, 0.717) is 51.4 Å². The van der Waals surface area contributed by atoms with Crippen LogP contribution in [-0.2, 0) is 12.8 Å². The Kier molecular flexibility index (Phi) is 6.83. The molecule has 10 heteroatoms. The molecule has 3 N–H and O–H groups in total. The van der Waals surface area contributed by atoms with Gasteiger partial charge in [-0.2, -0.15) is 0 Å². The van der Waals surface area contributed by atoms with Gasteiger partial charge in [-0.25, -0.2) is 13.8 Å². The van der Waals surface area contributed by atoms with Crippen LogP contribution >= 0.6 is 22.9 Å². The van der Waals surface area contributed by atoms with Crippen LogP contribution in [0.3, 0.4) is 0 Å². The third kappa shape index (κ3) is 4.69. The van der Waals surface area contributed by atoms with Gasteiger partial charge in [-0.05, 0) is 48.9 Å². The van der Waals surface area contributed by atoms with Crippen molar-refractivity contribution in [2.24, 2.45) is 0 Å². The Morgan fingerprint density at radius 2 is 1.94 bits per heavy atom. The van der Waals surface area contributed by atoms with Gasteiger partial charge in [0, 0.05) is 50.2 Å². The standard InChI is InChI=1S/C25H28ClF2N5OS/c1-3-13-8-17-21(29-2)22(35-25(17)32-23(13)26)24(34)30-7-6-14-9-19(28)20(10-18(14)27)33-11-15-4-5-16(12-33)31-15/h8-10,15-16,29,31H,3-7,11-12H2,1-2H3,(H,30,34). The molecule has 3 aromatic rings. The lowest BCUT2D eigenvalue weighted by Crippen LogP contribution is -2.51. The number of thiophene rings is 1. The van der Waals surface area contributed by atoms with E-state index < -0.39 is 11.6 Å². The zero-order valence-corrected chi connectivity index (χ0v) is 21.3. The van der Waals surface area contributed by atoms with E-state index in [1.807, 2.05) is 17.9 Å². The molecule has 4 heterocycles. The lowest BCUT2D eigenvalue weighted by Gasteiger charge is -2.34. The first-order chi connectivity index (χ1) is 16.9. The number of aromatic nitrogens is 1. The van der Waals surface area contributed by atoms with Crippen molar-refractivity contribution < 1.29 is 13.6 Å². The smallest absolute Gasteiger partial charge is 0.263 e. The zero-order chi connectivity index (χ0) is 24.7. The molecule has 0 spiro atoms. The highest BCUT2D eigenvalue weighted by Gasteiger charge is 2.33. The first-order valence-electron chi connectivity index (χ1n) is 11.9. The van der Waals surface area contributed by atoms with Gasteiger partial charge < -0.3 is 20.9 Å². The second kappa shape index (κ2) is 9.87. The number of hydrogen-bond acceptors (Lipinski definition) is 6. The molecule has 2 fully saturated rings. The SMILES string of the molecule is CCc1cc2c(NC)c(C(=O)NCCc3cc(F)c(N4CC5CCC(C4)N5)cc3F)sc2nc1Cl. The van der Waals surface area contributed by atoms with Crippen molar-refractivity contribution in [3.63, 3.8) is 0 Å². The topological polar surface area (TPSA) is 69.3 Å². The number of carbonyl (C=O) groups is 1. The fraction of sp³-hybridized carbons (Fsp3) is 0.440. The molecule has 2 aliphatic heterocycles. The number of nitrogens with zero attached hydrogens (tertiary/aromatic N) is 2. The minimum absolute atomic E-state index is 0.179. The highest BCUT2D eigenvalue weighted by atomic mass is 35.5. The van der Waals surface area contributed by atoms with Crippen molar-refractivity contribution in [1.82, 2.24) is 15.6 Å². The molecule has 6 nitrogen and oxygen atoms in total. The Morgan fingerprint density at radius 1 is 1.20 bits per heavy atom. The second-order valence-electron chi connectivity index (χ2n) is 9.14. The Labute approximate surface area is 212 Å². The number of rotatable bonds is 7. The van der Waals surface area contributed by atoms with Gasteiger partial charge in [0.1, 0.15) is 26.5 Å². The van der Waals surface area contributed by atoms with Crippen LogP contribution in [0.5, 0.6) is 0 Å². The quantitative estimate of drug-likeness (QED) is 0.393. The number of anilines is 2. The van der Waals surface area contributed by atoms with Crippen molar-refractivity contribution in [3.05, 3.63) is 51.0 Å². The van der Waals surface area contributed by atoms with E-state index in [9.17, 15) is 13.6 Å². The minimum atomic E-state index is -0.453. The maximum absolute atomic E-state index is 14.9. The molecule has 35 heavy (non-hydrogen) atoms. The van der Waals surface area contributed by atoms with Gasteiger partial charge in [0.25, 0.3) is 5.91 Å². The Balaban J connectivity index is 1.27. The lowest BCUT2D eigenvalue weighted by molar-refractivity contribution is 0.0959. The van der Waals surface area contributed by atoms with E-state index in [-0.39, 0.29) is 24.4 Å². The summed E-state index contributed by atoms with van der Waals surface area (Å²) < 4.78 is 29.8. The number of amides is 1. The highest BCUT2D eigenvalue weighted by molar-refractivity contribution is 7.21. The molecule has 5 rings (SSSR count). The van der Waals surface area contributed by atoms with E-state index in [2.05, 4.69) is 20.9 Å². The first kappa shape index (κ1) is 24.2. The fourth-order valence-corrected chi connectivity index (χ4v) is 6.50. The largest absolute Gasteiger partial charge is 0.386 e. The molecule has 186 valence electrons. The number of benzene rings is 1. The van der Waals surface area contributed by atoms with Crippen LogP contribution in [0.1, 0.15) is 40.6 Å². The summed E-state index contributed by atoms with van der Waals surface area (Å²) in [5.74, 6) is -1.17. The van der Waals surface area contributed by atoms with Crippen LogP contribution in [-0.4, -0.2) is 49.7 Å². The summed E-state index contributed by atoms with van der Waals surface area (Å²) in [7, 11) is 1.75. The fourth-order valence-electron chi connectivity index (χ4n) is 5.10. The first-order valence-corrected chi connectivity index (χ1v) is 13.1. The molecule has 2 unspecified atom stereocenters. The number of nitrogens with one attached hydrogen (secondary N) is 3. The van der Waals surface area contributed by atoms with E-state index in [0.717, 1.165) is 30.2 Å². The average molecular weight is 520 g/mol. The van der Waals surface area contributed by atoms with Crippen molar-refractivity contribution in [2.75, 3.05) is 36.9 Å². The zero-order valence-electron chi connectivity index (χ0n) is 19.7. The average Bonchev–Trinajstić information content (AvgIpc) is 3.38. The van der Waals surface area contributed by atoms with E-state index in [4.69, 9.17) is 11.6 Å². The summed E-state index contributed by atoms with van der Waals surface area (Å²) >= 11 is 7.50. The molecule has 1 aromatic carbocycles. The molecular formula is C25H28ClF2N5OS. The number of fused-ring (bicyclic) bond motifs is 3. The summed E-state index contributed by atoms with van der Waals surface area (Å²) in [6.45, 7) is 3.55. The number of piperazine rings is 1. The van der Waals surface area contributed by atoms with Gasteiger partial charge in [0.2, 0.25) is 0 Å². The molecule has 2 saturated heterocycles. The Morgan fingerprint density at radius 3 is 2.63 bits per heavy atom. The summed E-state index contributed by atoms with van der Waals surface area (Å²) in [6.07, 6.45) is 3.06. The van der Waals surface area contributed by atoms with Crippen LogP contribution in [0, 0.1) is 11.6 Å². The Hall–Kier alpha value is -2.49. The molecule has 2 aliphatic rings. The third-order valence-electron chi connectivity index (χ3n) is 6.90. The maximum atomic E-state index is 14.9. The van der Waals surface area contributed by atoms with Gasteiger partial charge in [0.15, 0.2) is 0 Å². The molecule has 2 bridgehead atoms. The molecular weight excluding hydrogens is 492 g/mol. The number of hydrogen-bond donors (Lipinski definition) is 3.